The van der Waals surface area contributed by atoms with Crippen LogP contribution in [0.2, 0.25) is 5.02 Å². The van der Waals surface area contributed by atoms with Gasteiger partial charge in [-0.2, -0.15) is 5.10 Å². The molecule has 1 aromatic heterocycles. The molecule has 5 nitrogen and oxygen atoms in total. The monoisotopic (exact) mass is 391 g/mol. The highest BCUT2D eigenvalue weighted by molar-refractivity contribution is 14.1. The summed E-state index contributed by atoms with van der Waals surface area (Å²) in [6, 6.07) is -0.119. The van der Waals surface area contributed by atoms with Gasteiger partial charge in [0.05, 0.1) is 11.2 Å². The Morgan fingerprint density at radius 2 is 2.18 bits per heavy atom. The first-order chi connectivity index (χ1) is 7.79. The second kappa shape index (κ2) is 5.85. The van der Waals surface area contributed by atoms with Crippen molar-refractivity contribution < 1.29 is 8.42 Å². The molecule has 0 aliphatic carbocycles. The second-order valence-electron chi connectivity index (χ2n) is 4.05. The van der Waals surface area contributed by atoms with E-state index in [9.17, 15) is 8.42 Å². The number of rotatable bonds is 5. The standard InChI is InChI=1S/C9H15ClIN3O2S/c1-6(2)8(4-11)13-17(15,16)9-7(10)5-12-14(9)3/h5-6,8,13H,4H2,1-3H3. The Labute approximate surface area is 120 Å². The maximum Gasteiger partial charge on any atom is 0.259 e. The largest absolute Gasteiger partial charge is 0.259 e. The van der Waals surface area contributed by atoms with Crippen molar-refractivity contribution in [3.05, 3.63) is 11.2 Å². The number of aryl methyl sites for hydroxylation is 1. The first-order valence-electron chi connectivity index (χ1n) is 5.05. The molecule has 0 aromatic carbocycles. The van der Waals surface area contributed by atoms with Crippen molar-refractivity contribution in [2.45, 2.75) is 24.9 Å². The molecule has 0 fully saturated rings. The highest BCUT2D eigenvalue weighted by Gasteiger charge is 2.26. The minimum atomic E-state index is -3.62. The van der Waals surface area contributed by atoms with Crippen molar-refractivity contribution in [2.24, 2.45) is 13.0 Å². The molecule has 1 atom stereocenters. The van der Waals surface area contributed by atoms with E-state index in [0.717, 1.165) is 0 Å². The molecule has 98 valence electrons. The molecule has 0 spiro atoms. The molecule has 1 heterocycles. The molecule has 0 aliphatic heterocycles. The molecule has 0 saturated carbocycles. The van der Waals surface area contributed by atoms with Crippen LogP contribution in [0.25, 0.3) is 0 Å². The van der Waals surface area contributed by atoms with Gasteiger partial charge in [0.2, 0.25) is 0 Å². The highest BCUT2D eigenvalue weighted by atomic mass is 127. The van der Waals surface area contributed by atoms with E-state index < -0.39 is 10.0 Å². The average Bonchev–Trinajstić information content (AvgIpc) is 2.55. The van der Waals surface area contributed by atoms with Gasteiger partial charge in [-0.25, -0.2) is 13.1 Å². The normalized spacial score (nSPS) is 14.2. The van der Waals surface area contributed by atoms with Crippen LogP contribution >= 0.6 is 34.2 Å². The Morgan fingerprint density at radius 1 is 1.59 bits per heavy atom. The van der Waals surface area contributed by atoms with Gasteiger partial charge in [0.25, 0.3) is 10.0 Å². The minimum Gasteiger partial charge on any atom is -0.255 e. The fourth-order valence-electron chi connectivity index (χ4n) is 1.30. The molecular weight excluding hydrogens is 377 g/mol. The van der Waals surface area contributed by atoms with Crippen molar-refractivity contribution in [3.63, 3.8) is 0 Å². The van der Waals surface area contributed by atoms with Crippen LogP contribution in [-0.2, 0) is 17.1 Å². The third-order valence-corrected chi connectivity index (χ3v) is 5.32. The Balaban J connectivity index is 3.05. The van der Waals surface area contributed by atoms with Gasteiger partial charge >= 0.3 is 0 Å². The molecule has 8 heteroatoms. The van der Waals surface area contributed by atoms with Crippen LogP contribution < -0.4 is 4.72 Å². The maximum atomic E-state index is 12.1. The molecule has 1 N–H and O–H groups in total. The number of aromatic nitrogens is 2. The third-order valence-electron chi connectivity index (χ3n) is 2.37. The summed E-state index contributed by atoms with van der Waals surface area (Å²) in [5, 5.41) is 3.97. The van der Waals surface area contributed by atoms with E-state index in [0.29, 0.717) is 4.43 Å². The van der Waals surface area contributed by atoms with E-state index in [2.05, 4.69) is 32.4 Å². The predicted octanol–water partition coefficient (Wildman–Crippen LogP) is 1.81. The SMILES string of the molecule is CC(C)C(CI)NS(=O)(=O)c1c(Cl)cnn1C. The Bertz CT molecular complexity index is 467. The number of hydrogen-bond acceptors (Lipinski definition) is 3. The lowest BCUT2D eigenvalue weighted by atomic mass is 10.1. The fourth-order valence-corrected chi connectivity index (χ4v) is 4.88. The van der Waals surface area contributed by atoms with Gasteiger partial charge < -0.3 is 0 Å². The summed E-state index contributed by atoms with van der Waals surface area (Å²) in [7, 11) is -2.07. The molecule has 17 heavy (non-hydrogen) atoms. The van der Waals surface area contributed by atoms with Crippen LogP contribution in [0.5, 0.6) is 0 Å². The van der Waals surface area contributed by atoms with Gasteiger partial charge in [-0.3, -0.25) is 4.68 Å². The smallest absolute Gasteiger partial charge is 0.255 e. The first kappa shape index (κ1) is 15.2. The van der Waals surface area contributed by atoms with E-state index in [4.69, 9.17) is 11.6 Å². The van der Waals surface area contributed by atoms with Crippen molar-refractivity contribution in [3.8, 4) is 0 Å². The zero-order chi connectivity index (χ0) is 13.2. The molecule has 1 aromatic rings. The first-order valence-corrected chi connectivity index (χ1v) is 8.44. The Hall–Kier alpha value is 0.140. The van der Waals surface area contributed by atoms with Gasteiger partial charge in [-0.15, -0.1) is 0 Å². The number of sulfonamides is 1. The summed E-state index contributed by atoms with van der Waals surface area (Å²) in [4.78, 5) is 0. The van der Waals surface area contributed by atoms with Crippen LogP contribution in [0.4, 0.5) is 0 Å². The lowest BCUT2D eigenvalue weighted by Gasteiger charge is -2.19. The van der Waals surface area contributed by atoms with E-state index in [1.165, 1.54) is 10.9 Å². The molecule has 0 amide bonds. The van der Waals surface area contributed by atoms with E-state index in [1.807, 2.05) is 13.8 Å². The zero-order valence-corrected chi connectivity index (χ0v) is 13.5. The summed E-state index contributed by atoms with van der Waals surface area (Å²) in [5.74, 6) is 0.216. The minimum absolute atomic E-state index is 0.00895. The lowest BCUT2D eigenvalue weighted by molar-refractivity contribution is 0.481. The third kappa shape index (κ3) is 3.55. The Kier molecular flexibility index (Phi) is 5.23. The average molecular weight is 392 g/mol. The van der Waals surface area contributed by atoms with E-state index >= 15 is 0 Å². The summed E-state index contributed by atoms with van der Waals surface area (Å²) in [5.41, 5.74) is 0. The van der Waals surface area contributed by atoms with Crippen molar-refractivity contribution >= 4 is 44.2 Å². The van der Waals surface area contributed by atoms with Crippen LogP contribution in [-0.4, -0.2) is 28.7 Å². The number of halogens is 2. The van der Waals surface area contributed by atoms with Crippen molar-refractivity contribution in [1.82, 2.24) is 14.5 Å². The number of alkyl halides is 1. The molecule has 0 bridgehead atoms. The van der Waals surface area contributed by atoms with Gasteiger partial charge in [-0.1, -0.05) is 48.0 Å². The van der Waals surface area contributed by atoms with E-state index in [1.54, 1.807) is 7.05 Å². The van der Waals surface area contributed by atoms with Crippen LogP contribution in [0, 0.1) is 5.92 Å². The van der Waals surface area contributed by atoms with Gasteiger partial charge in [-0.05, 0) is 5.92 Å². The van der Waals surface area contributed by atoms with E-state index in [-0.39, 0.29) is 22.0 Å². The van der Waals surface area contributed by atoms with Gasteiger partial charge in [0.1, 0.15) is 0 Å². The quantitative estimate of drug-likeness (QED) is 0.615. The summed E-state index contributed by atoms with van der Waals surface area (Å²) in [6.07, 6.45) is 1.32. The molecule has 1 unspecified atom stereocenters. The number of nitrogens with zero attached hydrogens (tertiary/aromatic N) is 2. The topological polar surface area (TPSA) is 64.0 Å². The van der Waals surface area contributed by atoms with Gasteiger partial charge in [0, 0.05) is 17.5 Å². The van der Waals surface area contributed by atoms with Crippen LogP contribution in [0.15, 0.2) is 11.2 Å². The second-order valence-corrected chi connectivity index (χ2v) is 6.96. The number of hydrogen-bond donors (Lipinski definition) is 1. The van der Waals surface area contributed by atoms with Gasteiger partial charge in [0.15, 0.2) is 5.03 Å². The fraction of sp³-hybridized carbons (Fsp3) is 0.667. The summed E-state index contributed by atoms with van der Waals surface area (Å²) in [6.45, 7) is 3.94. The van der Waals surface area contributed by atoms with Crippen molar-refractivity contribution in [2.75, 3.05) is 4.43 Å². The summed E-state index contributed by atoms with van der Waals surface area (Å²) < 4.78 is 28.9. The van der Waals surface area contributed by atoms with Crippen molar-refractivity contribution in [1.29, 1.82) is 0 Å². The number of nitrogens with one attached hydrogen (secondary N) is 1. The molecule has 0 aliphatic rings. The Morgan fingerprint density at radius 3 is 2.53 bits per heavy atom. The highest BCUT2D eigenvalue weighted by Crippen LogP contribution is 2.20. The van der Waals surface area contributed by atoms with Crippen LogP contribution in [0.3, 0.4) is 0 Å². The maximum absolute atomic E-state index is 12.1. The molecule has 0 radical (unpaired) electrons. The summed E-state index contributed by atoms with van der Waals surface area (Å²) >= 11 is 7.99. The molecular formula is C9H15ClIN3O2S. The lowest BCUT2D eigenvalue weighted by Crippen LogP contribution is -2.40. The van der Waals surface area contributed by atoms with Crippen LogP contribution in [0.1, 0.15) is 13.8 Å². The molecule has 1 rings (SSSR count). The molecule has 0 saturated heterocycles. The predicted molar refractivity (Wildman–Crippen MR) is 76.1 cm³/mol. The zero-order valence-electron chi connectivity index (χ0n) is 9.81.